The Morgan fingerprint density at radius 3 is 1.55 bits per heavy atom. The molecule has 0 aliphatic heterocycles. The van der Waals surface area contributed by atoms with Crippen LogP contribution in [-0.2, 0) is 30.5 Å². The maximum Gasteiger partial charge on any atom is 2.00 e. The number of rotatable bonds is 24. The van der Waals surface area contributed by atoms with E-state index in [-0.39, 0.29) is 35.5 Å². The summed E-state index contributed by atoms with van der Waals surface area (Å²) in [5, 5.41) is 14.0. The van der Waals surface area contributed by atoms with Crippen LogP contribution in [0.15, 0.2) is 93.9 Å². The van der Waals surface area contributed by atoms with Gasteiger partial charge in [0.1, 0.15) is 15.0 Å². The molecule has 3 aliphatic rings. The van der Waals surface area contributed by atoms with Gasteiger partial charge in [0.05, 0.1) is 35.9 Å². The summed E-state index contributed by atoms with van der Waals surface area (Å²) in [4.78, 5) is 21.7. The molecule has 3 saturated carbocycles. The standard InChI is InChI=1S/2C22H32N2S.C16H20N2S.C6H11.C4H10O.ClH.Mg/c1-3-5-15-24(20-9-7-6-8-10-20)16-22-23-21(17-25-22)19-13-11-18(4-2)12-14-19;1-3-5-15-23-21(19-9-7-6-8-10-19)22-24-20(16-25-22)18-13-11-17(4-2)12-14-18;1-3-5-10-17-11-16-18-15(12-19-16)14-8-6-13(4-2)7-9-14;1-2-4-6-5-3-1;1-3-5-4-2;;/h11-14,17,20H,3-10,15-16H2,1-2H3;11-14,16,19,21,23H,3-10,15H2,1-2H3;6-9,11-12H,3-5,10H2,1-2H3;1H,2-6H2;3-4H2,1-2H3;1H;/q;;;-1;;;+2/p-1. The minimum atomic E-state index is 0. The van der Waals surface area contributed by atoms with Gasteiger partial charge in [-0.2, -0.15) is 12.8 Å². The molecule has 0 bridgehead atoms. The second-order valence-electron chi connectivity index (χ2n) is 21.8. The first-order chi connectivity index (χ1) is 39.4. The molecule has 3 aromatic carbocycles. The predicted octanol–water partition coefficient (Wildman–Crippen LogP) is 17.1. The largest absolute Gasteiger partial charge is 2.00 e. The Bertz CT molecular complexity index is 2460. The molecule has 448 valence electrons. The molecule has 7 nitrogen and oxygen atoms in total. The van der Waals surface area contributed by atoms with Crippen LogP contribution in [0.2, 0.25) is 0 Å². The van der Waals surface area contributed by atoms with Gasteiger partial charge < -0.3 is 28.9 Å². The summed E-state index contributed by atoms with van der Waals surface area (Å²) in [5.74, 6) is 0.757. The summed E-state index contributed by atoms with van der Waals surface area (Å²) in [6.45, 7) is 23.2. The molecule has 6 aromatic rings. The number of nitrogens with zero attached hydrogens (tertiary/aromatic N) is 5. The number of benzene rings is 3. The van der Waals surface area contributed by atoms with E-state index in [1.165, 1.54) is 178 Å². The van der Waals surface area contributed by atoms with E-state index in [9.17, 15) is 0 Å². The SMILES string of the molecule is CCCCN(Cc1nc(-c2ccc(CC)cc2)cs1)C1CCCCC1.CCCCN=Cc1nc(-c2ccc(CC)cc2)cs1.CCCCNC(c1nc(-c2ccc(CC)cc2)cs1)C1CCCCC1.CCOCC.[CH-]1CCCCC1.[Cl-].[Mg+2]. The average Bonchev–Trinajstić information content (AvgIpc) is 4.36. The maximum absolute atomic E-state index is 5.05. The number of unbranched alkanes of at least 4 members (excludes halogenated alkanes) is 3. The van der Waals surface area contributed by atoms with Gasteiger partial charge in [-0.05, 0) is 114 Å². The molecule has 12 heteroatoms. The van der Waals surface area contributed by atoms with Crippen molar-refractivity contribution >= 4 is 63.3 Å². The summed E-state index contributed by atoms with van der Waals surface area (Å²) < 4.78 is 4.83. The van der Waals surface area contributed by atoms with Crippen LogP contribution in [0.1, 0.15) is 228 Å². The van der Waals surface area contributed by atoms with Crippen LogP contribution in [-0.4, -0.2) is 88.0 Å². The molecule has 1 atom stereocenters. The zero-order chi connectivity index (χ0) is 56.8. The van der Waals surface area contributed by atoms with Gasteiger partial charge in [-0.25, -0.2) is 15.0 Å². The maximum atomic E-state index is 5.05. The number of ether oxygens (including phenoxy) is 1. The number of aliphatic imine (C=N–C) groups is 1. The third-order valence-corrected chi connectivity index (χ3v) is 18.2. The average molecular weight is 1200 g/mol. The van der Waals surface area contributed by atoms with Crippen molar-refractivity contribution in [1.29, 1.82) is 0 Å². The zero-order valence-corrected chi connectivity index (χ0v) is 56.8. The summed E-state index contributed by atoms with van der Waals surface area (Å²) in [7, 11) is 0. The Kier molecular flexibility index (Phi) is 40.7. The van der Waals surface area contributed by atoms with Gasteiger partial charge in [0.2, 0.25) is 0 Å². The number of aromatic nitrogens is 3. The minimum Gasteiger partial charge on any atom is -1.00 e. The molecule has 0 saturated heterocycles. The Hall–Kier alpha value is -2.84. The Labute approximate surface area is 534 Å². The van der Waals surface area contributed by atoms with Gasteiger partial charge in [-0.1, -0.05) is 191 Å². The van der Waals surface area contributed by atoms with Crippen LogP contribution >= 0.6 is 34.0 Å². The van der Waals surface area contributed by atoms with Crippen molar-refractivity contribution < 1.29 is 17.1 Å². The van der Waals surface area contributed by atoms with E-state index < -0.39 is 0 Å². The van der Waals surface area contributed by atoms with Crippen LogP contribution in [0.25, 0.3) is 33.8 Å². The first-order valence-corrected chi connectivity index (χ1v) is 34.5. The topological polar surface area (TPSA) is 75.5 Å². The van der Waals surface area contributed by atoms with Gasteiger partial charge in [-0.15, -0.1) is 34.0 Å². The molecule has 1 N–H and O–H groups in total. The van der Waals surface area contributed by atoms with Crippen molar-refractivity contribution in [2.75, 3.05) is 32.8 Å². The Balaban J connectivity index is 0.000000293. The van der Waals surface area contributed by atoms with Crippen LogP contribution in [0.5, 0.6) is 0 Å². The molecular formula is C70H105ClMgN6OS3. The minimum absolute atomic E-state index is 0. The Morgan fingerprint density at radius 1 is 0.585 bits per heavy atom. The Morgan fingerprint density at radius 2 is 1.07 bits per heavy atom. The number of halogens is 1. The van der Waals surface area contributed by atoms with Crippen LogP contribution in [0.3, 0.4) is 0 Å². The number of hydrogen-bond acceptors (Lipinski definition) is 10. The summed E-state index contributed by atoms with van der Waals surface area (Å²) >= 11 is 5.32. The van der Waals surface area contributed by atoms with Crippen molar-refractivity contribution in [3.8, 4) is 33.8 Å². The molecule has 0 radical (unpaired) electrons. The third kappa shape index (κ3) is 27.7. The van der Waals surface area contributed by atoms with E-state index in [1.807, 2.05) is 42.7 Å². The molecule has 3 aromatic heterocycles. The summed E-state index contributed by atoms with van der Waals surface area (Å²) in [6, 6.07) is 27.6. The van der Waals surface area contributed by atoms with E-state index in [2.05, 4.69) is 157 Å². The molecule has 0 amide bonds. The molecule has 3 fully saturated rings. The molecule has 3 heterocycles. The smallest absolute Gasteiger partial charge is 1.00 e. The first kappa shape index (κ1) is 73.4. The first-order valence-electron chi connectivity index (χ1n) is 31.9. The van der Waals surface area contributed by atoms with Gasteiger partial charge in [0.15, 0.2) is 0 Å². The number of hydrogen-bond donors (Lipinski definition) is 1. The second kappa shape index (κ2) is 45.5. The molecule has 0 spiro atoms. The number of nitrogens with one attached hydrogen (secondary N) is 1. The van der Waals surface area contributed by atoms with Crippen molar-refractivity contribution in [2.45, 2.75) is 228 Å². The van der Waals surface area contributed by atoms with Crippen LogP contribution in [0, 0.1) is 12.3 Å². The fourth-order valence-electron chi connectivity index (χ4n) is 10.5. The summed E-state index contributed by atoms with van der Waals surface area (Å²) in [5.41, 5.74) is 11.1. The van der Waals surface area contributed by atoms with Gasteiger partial charge in [0, 0.05) is 58.6 Å². The van der Waals surface area contributed by atoms with Gasteiger partial charge in [0.25, 0.3) is 0 Å². The molecule has 9 rings (SSSR count). The van der Waals surface area contributed by atoms with Crippen LogP contribution < -0.4 is 17.7 Å². The third-order valence-electron chi connectivity index (χ3n) is 15.6. The zero-order valence-electron chi connectivity index (χ0n) is 52.2. The second-order valence-corrected chi connectivity index (χ2v) is 24.5. The van der Waals surface area contributed by atoms with Crippen molar-refractivity contribution in [2.24, 2.45) is 10.9 Å². The molecule has 82 heavy (non-hydrogen) atoms. The molecular weight excluding hydrogens is 1100 g/mol. The van der Waals surface area contributed by atoms with Crippen LogP contribution in [0.4, 0.5) is 0 Å². The monoisotopic (exact) mass is 1200 g/mol. The number of aryl methyl sites for hydroxylation is 3. The van der Waals surface area contributed by atoms with E-state index in [0.29, 0.717) is 6.04 Å². The van der Waals surface area contributed by atoms with Gasteiger partial charge in [-0.3, -0.25) is 9.89 Å². The van der Waals surface area contributed by atoms with E-state index >= 15 is 0 Å². The van der Waals surface area contributed by atoms with E-state index in [4.69, 9.17) is 14.7 Å². The van der Waals surface area contributed by atoms with E-state index in [1.54, 1.807) is 11.3 Å². The van der Waals surface area contributed by atoms with Crippen molar-refractivity contribution in [1.82, 2.24) is 25.2 Å². The predicted molar refractivity (Wildman–Crippen MR) is 358 cm³/mol. The van der Waals surface area contributed by atoms with E-state index in [0.717, 1.165) is 92.6 Å². The van der Waals surface area contributed by atoms with Crippen molar-refractivity contribution in [3.63, 3.8) is 0 Å². The van der Waals surface area contributed by atoms with Gasteiger partial charge >= 0.3 is 23.1 Å². The fraction of sp³-hybridized carbons (Fsp3) is 0.586. The quantitative estimate of drug-likeness (QED) is 0.0282. The molecule has 3 aliphatic carbocycles. The fourth-order valence-corrected chi connectivity index (χ4v) is 13.0. The number of thiazole rings is 3. The van der Waals surface area contributed by atoms with Crippen molar-refractivity contribution in [3.05, 3.63) is 127 Å². The summed E-state index contributed by atoms with van der Waals surface area (Å²) in [6.07, 6.45) is 35.9. The molecule has 1 unspecified atom stereocenters. The normalized spacial score (nSPS) is 14.8.